The number of carboxylic acids is 1. The fraction of sp³-hybridized carbons (Fsp3) is 0.308. The largest absolute Gasteiger partial charge is 0.478 e. The molecule has 0 aromatic heterocycles. The maximum absolute atomic E-state index is 11.5. The van der Waals surface area contributed by atoms with Crippen molar-refractivity contribution in [3.05, 3.63) is 35.4 Å². The number of hydrogen-bond acceptors (Lipinski definition) is 4. The number of rotatable bonds is 5. The van der Waals surface area contributed by atoms with Gasteiger partial charge in [-0.15, -0.1) is 0 Å². The Morgan fingerprint density at radius 3 is 2.65 bits per heavy atom. The Hall–Kier alpha value is -2.57. The quantitative estimate of drug-likeness (QED) is 0.690. The molecule has 3 N–H and O–H groups in total. The highest BCUT2D eigenvalue weighted by Gasteiger charge is 2.15. The maximum Gasteiger partial charge on any atom is 0.335 e. The summed E-state index contributed by atoms with van der Waals surface area (Å²) in [5.74, 6) is -1.58. The molecule has 1 aromatic carbocycles. The third kappa shape index (κ3) is 4.60. The van der Waals surface area contributed by atoms with Gasteiger partial charge in [0.05, 0.1) is 12.7 Å². The summed E-state index contributed by atoms with van der Waals surface area (Å²) in [7, 11) is 1.23. The zero-order valence-corrected chi connectivity index (χ0v) is 11.2. The SMILES string of the molecule is COC(=O)C(C)NC(=O)NCc1cccc(C(=O)O)c1. The minimum absolute atomic E-state index is 0.146. The molecule has 0 saturated carbocycles. The average Bonchev–Trinajstić information content (AvgIpc) is 2.44. The van der Waals surface area contributed by atoms with E-state index >= 15 is 0 Å². The molecule has 0 fully saturated rings. The van der Waals surface area contributed by atoms with Crippen LogP contribution in [-0.2, 0) is 16.1 Å². The molecule has 0 bridgehead atoms. The third-order valence-corrected chi connectivity index (χ3v) is 2.53. The molecule has 7 nitrogen and oxygen atoms in total. The third-order valence-electron chi connectivity index (χ3n) is 2.53. The van der Waals surface area contributed by atoms with E-state index in [9.17, 15) is 14.4 Å². The number of methoxy groups -OCH3 is 1. The molecule has 0 radical (unpaired) electrons. The van der Waals surface area contributed by atoms with E-state index in [1.165, 1.54) is 26.2 Å². The van der Waals surface area contributed by atoms with E-state index in [0.29, 0.717) is 5.56 Å². The highest BCUT2D eigenvalue weighted by Crippen LogP contribution is 2.05. The molecule has 1 atom stereocenters. The first-order valence-corrected chi connectivity index (χ1v) is 5.88. The lowest BCUT2D eigenvalue weighted by Gasteiger charge is -2.12. The number of benzene rings is 1. The number of ether oxygens (including phenoxy) is 1. The lowest BCUT2D eigenvalue weighted by molar-refractivity contribution is -0.142. The van der Waals surface area contributed by atoms with Crippen molar-refractivity contribution in [1.29, 1.82) is 0 Å². The van der Waals surface area contributed by atoms with Gasteiger partial charge in [-0.1, -0.05) is 12.1 Å². The predicted octanol–water partition coefficient (Wildman–Crippen LogP) is 0.745. The van der Waals surface area contributed by atoms with Crippen LogP contribution in [0.4, 0.5) is 4.79 Å². The van der Waals surface area contributed by atoms with Gasteiger partial charge in [0, 0.05) is 6.54 Å². The van der Waals surface area contributed by atoms with Crippen LogP contribution in [0.2, 0.25) is 0 Å². The zero-order chi connectivity index (χ0) is 15.1. The first kappa shape index (κ1) is 15.5. The van der Waals surface area contributed by atoms with Crippen LogP contribution in [0, 0.1) is 0 Å². The van der Waals surface area contributed by atoms with Gasteiger partial charge in [0.25, 0.3) is 0 Å². The Balaban J connectivity index is 2.51. The van der Waals surface area contributed by atoms with Crippen molar-refractivity contribution in [3.8, 4) is 0 Å². The molecule has 2 amide bonds. The van der Waals surface area contributed by atoms with Gasteiger partial charge in [-0.25, -0.2) is 14.4 Å². The van der Waals surface area contributed by atoms with E-state index in [0.717, 1.165) is 0 Å². The van der Waals surface area contributed by atoms with Crippen LogP contribution in [0.15, 0.2) is 24.3 Å². The second-order valence-corrected chi connectivity index (χ2v) is 4.08. The number of carbonyl (C=O) groups is 3. The molecule has 7 heteroatoms. The fourth-order valence-corrected chi connectivity index (χ4v) is 1.48. The molecule has 20 heavy (non-hydrogen) atoms. The molecule has 0 aliphatic carbocycles. The summed E-state index contributed by atoms with van der Waals surface area (Å²) in [6.45, 7) is 1.65. The van der Waals surface area contributed by atoms with Gasteiger partial charge in [0.1, 0.15) is 6.04 Å². The van der Waals surface area contributed by atoms with Crippen molar-refractivity contribution in [3.63, 3.8) is 0 Å². The minimum atomic E-state index is -1.03. The van der Waals surface area contributed by atoms with Crippen LogP contribution in [0.5, 0.6) is 0 Å². The first-order chi connectivity index (χ1) is 9.43. The van der Waals surface area contributed by atoms with Crippen LogP contribution in [-0.4, -0.2) is 36.2 Å². The molecule has 1 unspecified atom stereocenters. The van der Waals surface area contributed by atoms with E-state index < -0.39 is 24.0 Å². The Bertz CT molecular complexity index is 515. The Morgan fingerprint density at radius 1 is 1.35 bits per heavy atom. The minimum Gasteiger partial charge on any atom is -0.478 e. The van der Waals surface area contributed by atoms with E-state index in [-0.39, 0.29) is 12.1 Å². The topological polar surface area (TPSA) is 105 Å². The number of hydrogen-bond donors (Lipinski definition) is 3. The molecule has 0 aliphatic heterocycles. The molecule has 0 saturated heterocycles. The molecule has 0 heterocycles. The van der Waals surface area contributed by atoms with Gasteiger partial charge in [-0.05, 0) is 24.6 Å². The van der Waals surface area contributed by atoms with Crippen LogP contribution in [0.1, 0.15) is 22.8 Å². The Morgan fingerprint density at radius 2 is 2.05 bits per heavy atom. The van der Waals surface area contributed by atoms with Gasteiger partial charge in [-0.2, -0.15) is 0 Å². The number of urea groups is 1. The molecule has 108 valence electrons. The summed E-state index contributed by atoms with van der Waals surface area (Å²) in [5, 5.41) is 13.8. The average molecular weight is 280 g/mol. The number of nitrogens with one attached hydrogen (secondary N) is 2. The molecule has 1 aromatic rings. The number of carbonyl (C=O) groups excluding carboxylic acids is 2. The number of carboxylic acid groups (broad SMARTS) is 1. The van der Waals surface area contributed by atoms with E-state index in [1.54, 1.807) is 12.1 Å². The molecule has 1 rings (SSSR count). The molecule has 0 spiro atoms. The van der Waals surface area contributed by atoms with Crippen molar-refractivity contribution >= 4 is 18.0 Å². The summed E-state index contributed by atoms with van der Waals surface area (Å²) in [4.78, 5) is 33.4. The number of aromatic carboxylic acids is 1. The number of esters is 1. The summed E-state index contributed by atoms with van der Waals surface area (Å²) >= 11 is 0. The predicted molar refractivity (Wildman–Crippen MR) is 70.3 cm³/mol. The zero-order valence-electron chi connectivity index (χ0n) is 11.2. The lowest BCUT2D eigenvalue weighted by atomic mass is 10.1. The normalized spacial score (nSPS) is 11.3. The van der Waals surface area contributed by atoms with Crippen LogP contribution in [0.3, 0.4) is 0 Å². The second kappa shape index (κ2) is 7.13. The second-order valence-electron chi connectivity index (χ2n) is 4.08. The summed E-state index contributed by atoms with van der Waals surface area (Å²) in [5.41, 5.74) is 0.790. The van der Waals surface area contributed by atoms with Gasteiger partial charge in [-0.3, -0.25) is 0 Å². The maximum atomic E-state index is 11.5. The van der Waals surface area contributed by atoms with Gasteiger partial charge in [0.2, 0.25) is 0 Å². The van der Waals surface area contributed by atoms with E-state index in [4.69, 9.17) is 5.11 Å². The van der Waals surface area contributed by atoms with Crippen LogP contribution < -0.4 is 10.6 Å². The number of amides is 2. The van der Waals surface area contributed by atoms with Crippen LogP contribution in [0.25, 0.3) is 0 Å². The summed E-state index contributed by atoms with van der Waals surface area (Å²) in [6, 6.07) is 4.91. The molecule has 0 aliphatic rings. The van der Waals surface area contributed by atoms with Crippen molar-refractivity contribution in [2.24, 2.45) is 0 Å². The summed E-state index contributed by atoms with van der Waals surface area (Å²) < 4.78 is 4.47. The Labute approximate surface area is 115 Å². The van der Waals surface area contributed by atoms with Crippen molar-refractivity contribution in [2.45, 2.75) is 19.5 Å². The van der Waals surface area contributed by atoms with Crippen LogP contribution >= 0.6 is 0 Å². The lowest BCUT2D eigenvalue weighted by Crippen LogP contribution is -2.44. The van der Waals surface area contributed by atoms with E-state index in [2.05, 4.69) is 15.4 Å². The molecular formula is C13H16N2O5. The van der Waals surface area contributed by atoms with Crippen molar-refractivity contribution in [1.82, 2.24) is 10.6 Å². The standard InChI is InChI=1S/C13H16N2O5/c1-8(12(18)20-2)15-13(19)14-7-9-4-3-5-10(6-9)11(16)17/h3-6,8H,7H2,1-2H3,(H,16,17)(H2,14,15,19). The molecular weight excluding hydrogens is 264 g/mol. The summed E-state index contributed by atoms with van der Waals surface area (Å²) in [6.07, 6.45) is 0. The van der Waals surface area contributed by atoms with Crippen molar-refractivity contribution in [2.75, 3.05) is 7.11 Å². The fourth-order valence-electron chi connectivity index (χ4n) is 1.48. The smallest absolute Gasteiger partial charge is 0.335 e. The van der Waals surface area contributed by atoms with E-state index in [1.807, 2.05) is 0 Å². The van der Waals surface area contributed by atoms with Gasteiger partial charge >= 0.3 is 18.0 Å². The highest BCUT2D eigenvalue weighted by atomic mass is 16.5. The monoisotopic (exact) mass is 280 g/mol. The van der Waals surface area contributed by atoms with Crippen molar-refractivity contribution < 1.29 is 24.2 Å². The first-order valence-electron chi connectivity index (χ1n) is 5.88. The highest BCUT2D eigenvalue weighted by molar-refractivity contribution is 5.87. The Kier molecular flexibility index (Phi) is 5.52. The van der Waals surface area contributed by atoms with Gasteiger partial charge in [0.15, 0.2) is 0 Å². The van der Waals surface area contributed by atoms with Gasteiger partial charge < -0.3 is 20.5 Å².